The van der Waals surface area contributed by atoms with E-state index in [4.69, 9.17) is 4.74 Å². The smallest absolute Gasteiger partial charge is 0.0963 e. The van der Waals surface area contributed by atoms with E-state index < -0.39 is 0 Å². The van der Waals surface area contributed by atoms with Crippen molar-refractivity contribution in [3.8, 4) is 33.0 Å². The molecule has 0 spiro atoms. The van der Waals surface area contributed by atoms with Crippen LogP contribution in [-0.2, 0) is 17.7 Å². The molecular weight excluding hydrogens is 430 g/mol. The number of nitrogens with one attached hydrogen (secondary N) is 2. The van der Waals surface area contributed by atoms with Crippen LogP contribution in [0.1, 0.15) is 16.0 Å². The lowest BCUT2D eigenvalue weighted by Gasteiger charge is -2.26. The van der Waals surface area contributed by atoms with Crippen molar-refractivity contribution in [2.45, 2.75) is 13.0 Å². The van der Waals surface area contributed by atoms with Gasteiger partial charge in [-0.3, -0.25) is 15.1 Å². The van der Waals surface area contributed by atoms with Gasteiger partial charge in [0.15, 0.2) is 0 Å². The number of hydrogen-bond acceptors (Lipinski definition) is 5. The van der Waals surface area contributed by atoms with Gasteiger partial charge in [-0.15, -0.1) is 11.3 Å². The fraction of sp³-hybridized carbons (Fsp3) is 0.231. The van der Waals surface area contributed by atoms with Gasteiger partial charge in [0, 0.05) is 57.9 Å². The monoisotopic (exact) mass is 453 g/mol. The molecule has 0 bridgehead atoms. The highest BCUT2D eigenvalue weighted by Gasteiger charge is 2.28. The van der Waals surface area contributed by atoms with E-state index >= 15 is 0 Å². The molecule has 1 aliphatic carbocycles. The van der Waals surface area contributed by atoms with Crippen LogP contribution in [0.15, 0.2) is 54.7 Å². The number of aromatic nitrogens is 4. The summed E-state index contributed by atoms with van der Waals surface area (Å²) in [4.78, 5) is 5.19. The fourth-order valence-corrected chi connectivity index (χ4v) is 6.13. The van der Waals surface area contributed by atoms with E-state index in [1.807, 2.05) is 17.5 Å². The Hall–Kier alpha value is -3.26. The van der Waals surface area contributed by atoms with Crippen LogP contribution < -0.4 is 0 Å². The van der Waals surface area contributed by atoms with Crippen molar-refractivity contribution in [3.05, 3.63) is 70.7 Å². The molecule has 2 aliphatic rings. The third-order valence-corrected chi connectivity index (χ3v) is 7.93. The van der Waals surface area contributed by atoms with Crippen LogP contribution in [0.25, 0.3) is 43.9 Å². The third-order valence-electron chi connectivity index (χ3n) is 6.75. The van der Waals surface area contributed by atoms with Crippen molar-refractivity contribution in [2.24, 2.45) is 0 Å². The second-order valence-electron chi connectivity index (χ2n) is 8.81. The maximum absolute atomic E-state index is 5.46. The minimum Gasteiger partial charge on any atom is -0.379 e. The van der Waals surface area contributed by atoms with Crippen molar-refractivity contribution in [2.75, 3.05) is 26.3 Å². The first-order valence-electron chi connectivity index (χ1n) is 11.3. The van der Waals surface area contributed by atoms with E-state index in [0.717, 1.165) is 67.1 Å². The van der Waals surface area contributed by atoms with Crippen LogP contribution in [0.3, 0.4) is 0 Å². The van der Waals surface area contributed by atoms with Gasteiger partial charge in [0.2, 0.25) is 0 Å². The molecule has 4 heterocycles. The SMILES string of the molecule is c1cc(-c2cc3c(s2)Cc2c(-c4ccc5cn[nH]c5c4)n[nH]c2-3)ccc1CN1CCOCC1. The number of H-pyrrole nitrogens is 2. The van der Waals surface area contributed by atoms with Gasteiger partial charge >= 0.3 is 0 Å². The fourth-order valence-electron chi connectivity index (χ4n) is 4.95. The molecule has 3 aromatic heterocycles. The Morgan fingerprint density at radius 3 is 2.70 bits per heavy atom. The number of hydrogen-bond donors (Lipinski definition) is 2. The van der Waals surface area contributed by atoms with Crippen LogP contribution in [0, 0.1) is 0 Å². The first-order chi connectivity index (χ1) is 16.3. The molecule has 5 aromatic rings. The van der Waals surface area contributed by atoms with Crippen LogP contribution in [0.5, 0.6) is 0 Å². The topological polar surface area (TPSA) is 69.8 Å². The molecule has 0 radical (unpaired) electrons. The van der Waals surface area contributed by atoms with Crippen molar-refractivity contribution < 1.29 is 4.74 Å². The summed E-state index contributed by atoms with van der Waals surface area (Å²) in [6, 6.07) is 17.7. The van der Waals surface area contributed by atoms with E-state index in [1.165, 1.54) is 32.0 Å². The highest BCUT2D eigenvalue weighted by Crippen LogP contribution is 2.46. The molecule has 7 rings (SSSR count). The second-order valence-corrected chi connectivity index (χ2v) is 9.94. The first kappa shape index (κ1) is 19.2. The molecule has 0 amide bonds. The molecule has 1 aliphatic heterocycles. The Morgan fingerprint density at radius 1 is 0.970 bits per heavy atom. The van der Waals surface area contributed by atoms with E-state index in [-0.39, 0.29) is 0 Å². The predicted octanol–water partition coefficient (Wildman–Crippen LogP) is 5.08. The van der Waals surface area contributed by atoms with E-state index in [0.29, 0.717) is 0 Å². The second kappa shape index (κ2) is 7.66. The molecule has 2 N–H and O–H groups in total. The van der Waals surface area contributed by atoms with Gasteiger partial charge in [-0.25, -0.2) is 0 Å². The Labute approximate surface area is 195 Å². The maximum Gasteiger partial charge on any atom is 0.0963 e. The van der Waals surface area contributed by atoms with Gasteiger partial charge in [-0.2, -0.15) is 10.2 Å². The van der Waals surface area contributed by atoms with Gasteiger partial charge in [-0.05, 0) is 23.3 Å². The normalized spacial score (nSPS) is 15.8. The van der Waals surface area contributed by atoms with E-state index in [1.54, 1.807) is 0 Å². The number of thiophene rings is 1. The highest BCUT2D eigenvalue weighted by molar-refractivity contribution is 7.16. The van der Waals surface area contributed by atoms with Gasteiger partial charge in [0.05, 0.1) is 36.3 Å². The summed E-state index contributed by atoms with van der Waals surface area (Å²) in [5, 5.41) is 16.3. The summed E-state index contributed by atoms with van der Waals surface area (Å²) in [6.07, 6.45) is 2.78. The van der Waals surface area contributed by atoms with Crippen LogP contribution in [-0.4, -0.2) is 51.6 Å². The maximum atomic E-state index is 5.46. The van der Waals surface area contributed by atoms with Gasteiger partial charge in [0.1, 0.15) is 0 Å². The molecular formula is C26H23N5OS. The van der Waals surface area contributed by atoms with Gasteiger partial charge < -0.3 is 4.74 Å². The first-order valence-corrected chi connectivity index (χ1v) is 12.2. The third kappa shape index (κ3) is 3.31. The number of fused-ring (bicyclic) bond motifs is 4. The summed E-state index contributed by atoms with van der Waals surface area (Å²) in [5.41, 5.74) is 9.60. The quantitative estimate of drug-likeness (QED) is 0.390. The van der Waals surface area contributed by atoms with E-state index in [2.05, 4.69) is 73.8 Å². The van der Waals surface area contributed by atoms with Gasteiger partial charge in [-0.1, -0.05) is 36.4 Å². The molecule has 1 fully saturated rings. The van der Waals surface area contributed by atoms with Crippen molar-refractivity contribution in [1.82, 2.24) is 25.3 Å². The van der Waals surface area contributed by atoms with Crippen LogP contribution >= 0.6 is 11.3 Å². The minimum absolute atomic E-state index is 0.841. The number of rotatable bonds is 4. The minimum atomic E-state index is 0.841. The summed E-state index contributed by atoms with van der Waals surface area (Å²) in [5.74, 6) is 0. The lowest BCUT2D eigenvalue weighted by Crippen LogP contribution is -2.35. The summed E-state index contributed by atoms with van der Waals surface area (Å²) < 4.78 is 5.46. The summed E-state index contributed by atoms with van der Waals surface area (Å²) >= 11 is 1.89. The number of morpholine rings is 1. The Morgan fingerprint density at radius 2 is 1.82 bits per heavy atom. The molecule has 7 heteroatoms. The zero-order valence-corrected chi connectivity index (χ0v) is 18.9. The standard InChI is InChI=1S/C26H23N5OS/c1-3-17(4-2-16(1)15-31-7-9-32-10-8-31)23-12-20-24(33-23)13-21-25(29-30-26(20)21)18-5-6-19-14-27-28-22(19)11-18/h1-6,11-12,14H,7-10,13,15H2,(H,27,28)(H,29,30). The number of nitrogens with zero attached hydrogens (tertiary/aromatic N) is 3. The average molecular weight is 454 g/mol. The predicted molar refractivity (Wildman–Crippen MR) is 131 cm³/mol. The molecule has 33 heavy (non-hydrogen) atoms. The Kier molecular flexibility index (Phi) is 4.46. The Bertz CT molecular complexity index is 1460. The zero-order valence-electron chi connectivity index (χ0n) is 18.1. The summed E-state index contributed by atoms with van der Waals surface area (Å²) in [7, 11) is 0. The Balaban J connectivity index is 1.15. The molecule has 1 saturated heterocycles. The molecule has 0 unspecified atom stereocenters. The van der Waals surface area contributed by atoms with Crippen molar-refractivity contribution in [3.63, 3.8) is 0 Å². The average Bonchev–Trinajstić information content (AvgIpc) is 3.61. The number of aromatic amines is 2. The van der Waals surface area contributed by atoms with Crippen LogP contribution in [0.4, 0.5) is 0 Å². The molecule has 0 saturated carbocycles. The lowest BCUT2D eigenvalue weighted by atomic mass is 10.0. The van der Waals surface area contributed by atoms with Crippen LogP contribution in [0.2, 0.25) is 0 Å². The van der Waals surface area contributed by atoms with Crippen molar-refractivity contribution in [1.29, 1.82) is 0 Å². The molecule has 2 aromatic carbocycles. The number of ether oxygens (including phenoxy) is 1. The number of benzene rings is 2. The van der Waals surface area contributed by atoms with E-state index in [9.17, 15) is 0 Å². The lowest BCUT2D eigenvalue weighted by molar-refractivity contribution is 0.0342. The van der Waals surface area contributed by atoms with Crippen molar-refractivity contribution >= 4 is 22.2 Å². The van der Waals surface area contributed by atoms with Gasteiger partial charge in [0.25, 0.3) is 0 Å². The largest absolute Gasteiger partial charge is 0.379 e. The molecule has 0 atom stereocenters. The molecule has 164 valence electrons. The highest BCUT2D eigenvalue weighted by atomic mass is 32.1. The zero-order chi connectivity index (χ0) is 21.8. The molecule has 6 nitrogen and oxygen atoms in total. The summed E-state index contributed by atoms with van der Waals surface area (Å²) in [6.45, 7) is 4.71.